The van der Waals surface area contributed by atoms with E-state index in [4.69, 9.17) is 5.73 Å². The predicted molar refractivity (Wildman–Crippen MR) is 74.6 cm³/mol. The zero-order chi connectivity index (χ0) is 15.7. The van der Waals surface area contributed by atoms with Gasteiger partial charge in [-0.05, 0) is 30.4 Å². The van der Waals surface area contributed by atoms with Gasteiger partial charge in [-0.2, -0.15) is 13.2 Å². The molecule has 1 aliphatic rings. The lowest BCUT2D eigenvalue weighted by Gasteiger charge is -2.40. The monoisotopic (exact) mass is 299 g/mol. The van der Waals surface area contributed by atoms with Crippen LogP contribution in [0.4, 0.5) is 13.2 Å². The summed E-state index contributed by atoms with van der Waals surface area (Å²) in [5.41, 5.74) is 4.23. The molecule has 2 nitrogen and oxygen atoms in total. The smallest absolute Gasteiger partial charge is 0.369 e. The highest BCUT2D eigenvalue weighted by molar-refractivity contribution is 5.82. The average Bonchev–Trinajstić information content (AvgIpc) is 2.46. The number of primary amides is 1. The molecule has 2 rings (SSSR count). The van der Waals surface area contributed by atoms with Crippen molar-refractivity contribution >= 4 is 5.91 Å². The number of carbonyl (C=O) groups is 1. The lowest BCUT2D eigenvalue weighted by molar-refractivity contribution is -0.140. The molecule has 0 bridgehead atoms. The second-order valence-electron chi connectivity index (χ2n) is 5.89. The van der Waals surface area contributed by atoms with Gasteiger partial charge in [0.2, 0.25) is 5.91 Å². The van der Waals surface area contributed by atoms with Crippen molar-refractivity contribution in [3.8, 4) is 0 Å². The van der Waals surface area contributed by atoms with Crippen LogP contribution in [0.25, 0.3) is 0 Å². The molecule has 0 aromatic heterocycles. The van der Waals surface area contributed by atoms with Gasteiger partial charge in [0.15, 0.2) is 0 Å². The van der Waals surface area contributed by atoms with Crippen LogP contribution in [-0.4, -0.2) is 5.91 Å². The Kier molecular flexibility index (Phi) is 4.30. The zero-order valence-corrected chi connectivity index (χ0v) is 12.0. The maximum atomic E-state index is 13.2. The largest absolute Gasteiger partial charge is 0.416 e. The number of benzene rings is 1. The van der Waals surface area contributed by atoms with E-state index >= 15 is 0 Å². The van der Waals surface area contributed by atoms with Gasteiger partial charge in [-0.3, -0.25) is 4.79 Å². The Morgan fingerprint density at radius 1 is 1.19 bits per heavy atom. The summed E-state index contributed by atoms with van der Waals surface area (Å²) in [5, 5.41) is 0. The van der Waals surface area contributed by atoms with Crippen molar-refractivity contribution in [3.05, 3.63) is 35.4 Å². The van der Waals surface area contributed by atoms with Gasteiger partial charge in [0.25, 0.3) is 0 Å². The fourth-order valence-corrected chi connectivity index (χ4v) is 3.51. The number of carbonyl (C=O) groups excluding carboxylic acids is 1. The number of alkyl halides is 3. The fraction of sp³-hybridized carbons (Fsp3) is 0.562. The van der Waals surface area contributed by atoms with Crippen LogP contribution in [-0.2, 0) is 11.0 Å². The quantitative estimate of drug-likeness (QED) is 0.891. The Morgan fingerprint density at radius 3 is 2.29 bits per heavy atom. The minimum atomic E-state index is -4.42. The van der Waals surface area contributed by atoms with Crippen molar-refractivity contribution in [3.63, 3.8) is 0 Å². The first-order valence-corrected chi connectivity index (χ1v) is 7.25. The van der Waals surface area contributed by atoms with Crippen molar-refractivity contribution in [2.24, 2.45) is 11.1 Å². The molecule has 1 fully saturated rings. The molecular formula is C16H20F3NO. The summed E-state index contributed by atoms with van der Waals surface area (Å²) in [5.74, 6) is -1.01. The van der Waals surface area contributed by atoms with Gasteiger partial charge in [-0.25, -0.2) is 0 Å². The Bertz CT molecular complexity index is 518. The van der Waals surface area contributed by atoms with Gasteiger partial charge in [0.05, 0.1) is 11.0 Å². The Labute approximate surface area is 122 Å². The van der Waals surface area contributed by atoms with E-state index in [1.807, 2.05) is 0 Å². The molecule has 0 heterocycles. The van der Waals surface area contributed by atoms with Crippen molar-refractivity contribution < 1.29 is 18.0 Å². The van der Waals surface area contributed by atoms with Crippen LogP contribution >= 0.6 is 0 Å². The Hall–Kier alpha value is -1.52. The standard InChI is InChI=1S/C16H20F3NO/c1-11(15(14(20)21)9-5-2-6-10-15)12-7-3-4-8-13(12)16(17,18)19/h3-4,7-8,11H,2,5-6,9-10H2,1H3,(H2,20,21)/t11-/m0/s1. The maximum absolute atomic E-state index is 13.2. The normalized spacial score (nSPS) is 20.0. The van der Waals surface area contributed by atoms with Gasteiger partial charge in [0.1, 0.15) is 0 Å². The summed E-state index contributed by atoms with van der Waals surface area (Å²) in [6.07, 6.45) is -0.616. The van der Waals surface area contributed by atoms with Crippen LogP contribution < -0.4 is 5.73 Å². The van der Waals surface area contributed by atoms with E-state index in [2.05, 4.69) is 0 Å². The van der Waals surface area contributed by atoms with E-state index < -0.39 is 29.0 Å². The topological polar surface area (TPSA) is 43.1 Å². The van der Waals surface area contributed by atoms with Gasteiger partial charge in [-0.1, -0.05) is 44.4 Å². The summed E-state index contributed by atoms with van der Waals surface area (Å²) in [7, 11) is 0. The molecule has 0 spiro atoms. The maximum Gasteiger partial charge on any atom is 0.416 e. The summed E-state index contributed by atoms with van der Waals surface area (Å²) in [6, 6.07) is 5.49. The van der Waals surface area contributed by atoms with Crippen LogP contribution in [0.1, 0.15) is 56.1 Å². The van der Waals surface area contributed by atoms with Crippen molar-refractivity contribution in [2.45, 2.75) is 51.1 Å². The molecule has 5 heteroatoms. The molecule has 1 saturated carbocycles. The molecule has 0 aliphatic heterocycles. The summed E-state index contributed by atoms with van der Waals surface area (Å²) in [4.78, 5) is 12.0. The molecule has 1 aromatic carbocycles. The molecule has 1 aliphatic carbocycles. The summed E-state index contributed by atoms with van der Waals surface area (Å²) >= 11 is 0. The highest BCUT2D eigenvalue weighted by Gasteiger charge is 2.46. The Balaban J connectivity index is 2.47. The molecule has 0 radical (unpaired) electrons. The number of nitrogens with two attached hydrogens (primary N) is 1. The molecule has 21 heavy (non-hydrogen) atoms. The fourth-order valence-electron chi connectivity index (χ4n) is 3.51. The van der Waals surface area contributed by atoms with Crippen molar-refractivity contribution in [1.82, 2.24) is 0 Å². The van der Waals surface area contributed by atoms with Gasteiger partial charge < -0.3 is 5.73 Å². The van der Waals surface area contributed by atoms with E-state index in [-0.39, 0.29) is 5.56 Å². The molecule has 1 amide bonds. The van der Waals surface area contributed by atoms with Crippen LogP contribution in [0.5, 0.6) is 0 Å². The van der Waals surface area contributed by atoms with E-state index in [1.54, 1.807) is 13.0 Å². The van der Waals surface area contributed by atoms with Gasteiger partial charge in [0, 0.05) is 0 Å². The first-order chi connectivity index (χ1) is 9.79. The lowest BCUT2D eigenvalue weighted by Crippen LogP contribution is -2.43. The van der Waals surface area contributed by atoms with Gasteiger partial charge in [-0.15, -0.1) is 0 Å². The molecular weight excluding hydrogens is 279 g/mol. The summed E-state index contributed by atoms with van der Waals surface area (Å²) < 4.78 is 39.6. The number of hydrogen-bond donors (Lipinski definition) is 1. The van der Waals surface area contributed by atoms with Crippen LogP contribution in [0.3, 0.4) is 0 Å². The minimum absolute atomic E-state index is 0.172. The molecule has 0 saturated heterocycles. The predicted octanol–water partition coefficient (Wildman–Crippen LogP) is 4.24. The number of hydrogen-bond acceptors (Lipinski definition) is 1. The second-order valence-corrected chi connectivity index (χ2v) is 5.89. The SMILES string of the molecule is C[C@@H](c1ccccc1C(F)(F)F)C1(C(N)=O)CCCCC1. The number of amides is 1. The van der Waals surface area contributed by atoms with Crippen molar-refractivity contribution in [2.75, 3.05) is 0 Å². The highest BCUT2D eigenvalue weighted by atomic mass is 19.4. The molecule has 1 atom stereocenters. The second kappa shape index (κ2) is 5.70. The third-order valence-corrected chi connectivity index (χ3v) is 4.80. The minimum Gasteiger partial charge on any atom is -0.369 e. The first kappa shape index (κ1) is 15.9. The lowest BCUT2D eigenvalue weighted by atomic mass is 9.63. The summed E-state index contributed by atoms with van der Waals surface area (Å²) in [6.45, 7) is 1.70. The molecule has 116 valence electrons. The molecule has 2 N–H and O–H groups in total. The van der Waals surface area contributed by atoms with E-state index in [0.29, 0.717) is 12.8 Å². The zero-order valence-electron chi connectivity index (χ0n) is 12.0. The van der Waals surface area contributed by atoms with E-state index in [0.717, 1.165) is 25.3 Å². The first-order valence-electron chi connectivity index (χ1n) is 7.25. The van der Waals surface area contributed by atoms with E-state index in [9.17, 15) is 18.0 Å². The third kappa shape index (κ3) is 2.92. The molecule has 1 aromatic rings. The van der Waals surface area contributed by atoms with Crippen LogP contribution in [0.15, 0.2) is 24.3 Å². The number of halogens is 3. The van der Waals surface area contributed by atoms with Crippen LogP contribution in [0, 0.1) is 5.41 Å². The van der Waals surface area contributed by atoms with Crippen LogP contribution in [0.2, 0.25) is 0 Å². The van der Waals surface area contributed by atoms with E-state index in [1.165, 1.54) is 12.1 Å². The molecule has 0 unspecified atom stereocenters. The van der Waals surface area contributed by atoms with Crippen molar-refractivity contribution in [1.29, 1.82) is 0 Å². The average molecular weight is 299 g/mol. The Morgan fingerprint density at radius 2 is 1.76 bits per heavy atom. The highest BCUT2D eigenvalue weighted by Crippen LogP contribution is 2.49. The third-order valence-electron chi connectivity index (χ3n) is 4.80. The number of rotatable bonds is 3. The van der Waals surface area contributed by atoms with Gasteiger partial charge >= 0.3 is 6.18 Å².